The van der Waals surface area contributed by atoms with Crippen LogP contribution in [0, 0.1) is 0 Å². The minimum absolute atomic E-state index is 0.351. The van der Waals surface area contributed by atoms with Crippen LogP contribution < -0.4 is 19.1 Å². The lowest BCUT2D eigenvalue weighted by Crippen LogP contribution is -2.37. The van der Waals surface area contributed by atoms with Gasteiger partial charge < -0.3 is 14.8 Å². The number of amides is 1. The van der Waals surface area contributed by atoms with Gasteiger partial charge in [0.2, 0.25) is 15.9 Å². The number of hydrogen-bond donors (Lipinski definition) is 1. The number of sulfonamides is 1. The van der Waals surface area contributed by atoms with Crippen LogP contribution in [-0.4, -0.2) is 33.7 Å². The van der Waals surface area contributed by atoms with Crippen LogP contribution in [0.1, 0.15) is 12.5 Å². The summed E-state index contributed by atoms with van der Waals surface area (Å²) < 4.78 is 36.8. The molecule has 3 rings (SSSR count). The van der Waals surface area contributed by atoms with Gasteiger partial charge >= 0.3 is 0 Å². The smallest absolute Gasteiger partial charge is 0.245 e. The summed E-state index contributed by atoms with van der Waals surface area (Å²) in [7, 11) is -3.68. The molecule has 1 N–H and O–H groups in total. The zero-order valence-corrected chi connectivity index (χ0v) is 18.8. The molecule has 0 spiro atoms. The number of hydrogen-bond acceptors (Lipinski definition) is 5. The number of nitrogens with zero attached hydrogens (tertiary/aromatic N) is 1. The van der Waals surface area contributed by atoms with E-state index < -0.39 is 15.9 Å². The van der Waals surface area contributed by atoms with Crippen LogP contribution in [0.25, 0.3) is 0 Å². The first kappa shape index (κ1) is 23.1. The summed E-state index contributed by atoms with van der Waals surface area (Å²) in [5.41, 5.74) is 1.96. The van der Waals surface area contributed by atoms with Gasteiger partial charge in [-0.1, -0.05) is 30.3 Å². The molecule has 0 aliphatic carbocycles. The number of carbonyl (C=O) groups is 1. The zero-order valence-electron chi connectivity index (χ0n) is 18.0. The third-order valence-corrected chi connectivity index (χ3v) is 5.65. The van der Waals surface area contributed by atoms with Crippen LogP contribution in [0.15, 0.2) is 78.9 Å². The van der Waals surface area contributed by atoms with E-state index >= 15 is 0 Å². The fourth-order valence-electron chi connectivity index (χ4n) is 2.98. The lowest BCUT2D eigenvalue weighted by atomic mass is 10.2. The molecule has 0 saturated carbocycles. The van der Waals surface area contributed by atoms with Crippen molar-refractivity contribution in [3.63, 3.8) is 0 Å². The fraction of sp³-hybridized carbons (Fsp3) is 0.208. The molecule has 8 heteroatoms. The summed E-state index contributed by atoms with van der Waals surface area (Å²) in [6.45, 7) is 2.49. The van der Waals surface area contributed by atoms with Crippen LogP contribution in [0.5, 0.6) is 11.5 Å². The maximum absolute atomic E-state index is 12.5. The second-order valence-electron chi connectivity index (χ2n) is 7.04. The summed E-state index contributed by atoms with van der Waals surface area (Å²) in [5, 5.41) is 2.71. The summed E-state index contributed by atoms with van der Waals surface area (Å²) in [5.74, 6) is 0.840. The van der Waals surface area contributed by atoms with Crippen LogP contribution in [0.4, 0.5) is 11.4 Å². The highest BCUT2D eigenvalue weighted by Crippen LogP contribution is 2.23. The van der Waals surface area contributed by atoms with Gasteiger partial charge in [-0.25, -0.2) is 8.42 Å². The van der Waals surface area contributed by atoms with Crippen LogP contribution in [0.2, 0.25) is 0 Å². The molecule has 0 heterocycles. The van der Waals surface area contributed by atoms with E-state index in [4.69, 9.17) is 9.47 Å². The highest BCUT2D eigenvalue weighted by Gasteiger charge is 2.21. The van der Waals surface area contributed by atoms with Gasteiger partial charge in [-0.2, -0.15) is 0 Å². The van der Waals surface area contributed by atoms with Gasteiger partial charge in [-0.3, -0.25) is 9.10 Å². The topological polar surface area (TPSA) is 84.9 Å². The van der Waals surface area contributed by atoms with Crippen LogP contribution >= 0.6 is 0 Å². The monoisotopic (exact) mass is 454 g/mol. The van der Waals surface area contributed by atoms with Crippen molar-refractivity contribution in [2.45, 2.75) is 13.5 Å². The van der Waals surface area contributed by atoms with Crippen LogP contribution in [0.3, 0.4) is 0 Å². The summed E-state index contributed by atoms with van der Waals surface area (Å²) >= 11 is 0. The van der Waals surface area contributed by atoms with E-state index in [0.717, 1.165) is 16.1 Å². The van der Waals surface area contributed by atoms with E-state index in [9.17, 15) is 13.2 Å². The van der Waals surface area contributed by atoms with E-state index in [2.05, 4.69) is 5.32 Å². The normalized spacial score (nSPS) is 10.9. The van der Waals surface area contributed by atoms with Gasteiger partial charge in [0, 0.05) is 5.69 Å². The predicted molar refractivity (Wildman–Crippen MR) is 126 cm³/mol. The second-order valence-corrected chi connectivity index (χ2v) is 8.95. The molecule has 7 nitrogen and oxygen atoms in total. The molecule has 32 heavy (non-hydrogen) atoms. The number of nitrogens with one attached hydrogen (secondary N) is 1. The van der Waals surface area contributed by atoms with Gasteiger partial charge in [0.1, 0.15) is 24.7 Å². The molecule has 0 aromatic heterocycles. The number of benzene rings is 3. The van der Waals surface area contributed by atoms with Crippen molar-refractivity contribution in [2.75, 3.05) is 29.0 Å². The van der Waals surface area contributed by atoms with Gasteiger partial charge in [-0.15, -0.1) is 0 Å². The predicted octanol–water partition coefficient (Wildman–Crippen LogP) is 4.07. The van der Waals surface area contributed by atoms with Crippen molar-refractivity contribution in [1.82, 2.24) is 0 Å². The van der Waals surface area contributed by atoms with E-state index in [0.29, 0.717) is 36.1 Å². The standard InChI is InChI=1S/C24H26N2O5S/c1-3-30-22-13-9-20(10-14-22)25-24(27)17-26(32(2,28)29)21-11-15-23(16-12-21)31-18-19-7-5-4-6-8-19/h4-16H,3,17-18H2,1-2H3,(H,25,27). The molecule has 0 atom stereocenters. The van der Waals surface area contributed by atoms with Crippen LogP contribution in [-0.2, 0) is 21.4 Å². The Kier molecular flexibility index (Phi) is 7.72. The Morgan fingerprint density at radius 3 is 2.06 bits per heavy atom. The summed E-state index contributed by atoms with van der Waals surface area (Å²) in [6, 6.07) is 23.2. The third kappa shape index (κ3) is 6.75. The average molecular weight is 455 g/mol. The number of ether oxygens (including phenoxy) is 2. The molecule has 0 bridgehead atoms. The fourth-order valence-corrected chi connectivity index (χ4v) is 3.84. The lowest BCUT2D eigenvalue weighted by molar-refractivity contribution is -0.114. The van der Waals surface area contributed by atoms with Gasteiger partial charge in [0.15, 0.2) is 0 Å². The molecule has 3 aromatic carbocycles. The average Bonchev–Trinajstić information content (AvgIpc) is 2.78. The van der Waals surface area contributed by atoms with Crippen molar-refractivity contribution in [2.24, 2.45) is 0 Å². The van der Waals surface area contributed by atoms with Gasteiger partial charge in [0.25, 0.3) is 0 Å². The Hall–Kier alpha value is -3.52. The molecule has 0 unspecified atom stereocenters. The minimum Gasteiger partial charge on any atom is -0.494 e. The SMILES string of the molecule is CCOc1ccc(NC(=O)CN(c2ccc(OCc3ccccc3)cc2)S(C)(=O)=O)cc1. The first-order valence-corrected chi connectivity index (χ1v) is 12.0. The van der Waals surface area contributed by atoms with E-state index in [-0.39, 0.29) is 6.54 Å². The largest absolute Gasteiger partial charge is 0.494 e. The first-order chi connectivity index (χ1) is 15.3. The molecule has 0 fully saturated rings. The van der Waals surface area contributed by atoms with E-state index in [1.54, 1.807) is 48.5 Å². The Balaban J connectivity index is 1.64. The van der Waals surface area contributed by atoms with Crippen molar-refractivity contribution in [3.05, 3.63) is 84.4 Å². The minimum atomic E-state index is -3.68. The molecular weight excluding hydrogens is 428 g/mol. The molecule has 0 aliphatic heterocycles. The molecule has 168 valence electrons. The number of carbonyl (C=O) groups excluding carboxylic acids is 1. The third-order valence-electron chi connectivity index (χ3n) is 4.51. The molecule has 0 saturated heterocycles. The van der Waals surface area contributed by atoms with Gasteiger partial charge in [0.05, 0.1) is 18.6 Å². The maximum Gasteiger partial charge on any atom is 0.245 e. The number of anilines is 2. The Morgan fingerprint density at radius 2 is 1.47 bits per heavy atom. The molecule has 1 amide bonds. The summed E-state index contributed by atoms with van der Waals surface area (Å²) in [4.78, 5) is 12.5. The quantitative estimate of drug-likeness (QED) is 0.499. The Bertz CT molecular complexity index is 1120. The molecule has 0 aliphatic rings. The highest BCUT2D eigenvalue weighted by atomic mass is 32.2. The maximum atomic E-state index is 12.5. The highest BCUT2D eigenvalue weighted by molar-refractivity contribution is 7.92. The van der Waals surface area contributed by atoms with Gasteiger partial charge in [-0.05, 0) is 61.0 Å². The number of rotatable bonds is 10. The zero-order chi connectivity index (χ0) is 23.0. The molecular formula is C24H26N2O5S. The summed E-state index contributed by atoms with van der Waals surface area (Å²) in [6.07, 6.45) is 1.07. The first-order valence-electron chi connectivity index (χ1n) is 10.1. The van der Waals surface area contributed by atoms with Crippen molar-refractivity contribution in [3.8, 4) is 11.5 Å². The second kappa shape index (κ2) is 10.7. The van der Waals surface area contributed by atoms with Crippen molar-refractivity contribution in [1.29, 1.82) is 0 Å². The van der Waals surface area contributed by atoms with Crippen molar-refractivity contribution >= 4 is 27.3 Å². The Labute approximate surface area is 188 Å². The Morgan fingerprint density at radius 1 is 0.875 bits per heavy atom. The lowest BCUT2D eigenvalue weighted by Gasteiger charge is -2.22. The van der Waals surface area contributed by atoms with Crippen molar-refractivity contribution < 1.29 is 22.7 Å². The molecule has 0 radical (unpaired) electrons. The van der Waals surface area contributed by atoms with E-state index in [1.165, 1.54) is 0 Å². The molecule has 3 aromatic rings. The van der Waals surface area contributed by atoms with E-state index in [1.807, 2.05) is 37.3 Å².